The smallest absolute Gasteiger partial charge is 0.0268 e. The Morgan fingerprint density at radius 3 is 2.60 bits per heavy atom. The molecule has 2 rings (SSSR count). The third-order valence-corrected chi connectivity index (χ3v) is 2.64. The minimum atomic E-state index is 0. The first-order valence-corrected chi connectivity index (χ1v) is 4.89. The summed E-state index contributed by atoms with van der Waals surface area (Å²) >= 11 is 0. The van der Waals surface area contributed by atoms with E-state index in [1.165, 1.54) is 10.9 Å². The summed E-state index contributed by atoms with van der Waals surface area (Å²) in [4.78, 5) is 0. The van der Waals surface area contributed by atoms with Gasteiger partial charge in [-0.2, -0.15) is 5.10 Å². The minimum Gasteiger partial charge on any atom is -0.305 e. The number of rotatable bonds is 1. The maximum atomic E-state index is 4.49. The van der Waals surface area contributed by atoms with Crippen LogP contribution in [0.25, 0.3) is 10.9 Å². The number of hydrogen-bond acceptors (Lipinski definition) is 1. The van der Waals surface area contributed by atoms with Crippen LogP contribution in [0, 0.1) is 6.92 Å². The molecule has 0 saturated heterocycles. The summed E-state index contributed by atoms with van der Waals surface area (Å²) in [6.45, 7) is 8.38. The number of aryl methyl sites for hydroxylation is 1. The van der Waals surface area contributed by atoms with E-state index in [1.54, 1.807) is 0 Å². The second kappa shape index (κ2) is 4.34. The number of benzene rings is 1. The minimum absolute atomic E-state index is 0. The predicted molar refractivity (Wildman–Crippen MR) is 59.3 cm³/mol. The van der Waals surface area contributed by atoms with Gasteiger partial charge in [-0.15, -0.1) is 11.5 Å². The molecule has 2 nitrogen and oxygen atoms in total. The monoisotopic (exact) mass is 238 g/mol. The fraction of sp³-hybridized carbons (Fsp3) is 0.333. The van der Waals surface area contributed by atoms with Gasteiger partial charge in [-0.25, -0.2) is 6.92 Å². The summed E-state index contributed by atoms with van der Waals surface area (Å²) in [5.41, 5.74) is 3.38. The van der Waals surface area contributed by atoms with Crippen molar-refractivity contribution in [1.29, 1.82) is 0 Å². The zero-order chi connectivity index (χ0) is 10.3. The average molecular weight is 238 g/mol. The van der Waals surface area contributed by atoms with Gasteiger partial charge < -0.3 is 4.68 Å². The fourth-order valence-corrected chi connectivity index (χ4v) is 1.76. The van der Waals surface area contributed by atoms with Crippen LogP contribution in [0.3, 0.4) is 0 Å². The molecule has 1 heterocycles. The molecule has 0 saturated carbocycles. The molecular weight excluding hydrogens is 223 g/mol. The van der Waals surface area contributed by atoms with Gasteiger partial charge in [-0.05, 0) is 11.5 Å². The van der Waals surface area contributed by atoms with Crippen LogP contribution in [0.1, 0.15) is 31.0 Å². The van der Waals surface area contributed by atoms with Crippen molar-refractivity contribution in [3.05, 3.63) is 36.4 Å². The van der Waals surface area contributed by atoms with E-state index in [1.807, 2.05) is 11.7 Å². The van der Waals surface area contributed by atoms with Crippen LogP contribution < -0.4 is 0 Å². The molecule has 0 fully saturated rings. The van der Waals surface area contributed by atoms with E-state index in [2.05, 4.69) is 44.1 Å². The summed E-state index contributed by atoms with van der Waals surface area (Å²) in [6.07, 6.45) is 0. The summed E-state index contributed by atoms with van der Waals surface area (Å²) in [5, 5.41) is 5.65. The van der Waals surface area contributed by atoms with Crippen molar-refractivity contribution in [2.75, 3.05) is 0 Å². The van der Waals surface area contributed by atoms with Crippen LogP contribution in [-0.4, -0.2) is 9.78 Å². The normalized spacial score (nSPS) is 10.7. The maximum absolute atomic E-state index is 4.49. The van der Waals surface area contributed by atoms with Crippen molar-refractivity contribution in [2.24, 2.45) is 7.05 Å². The van der Waals surface area contributed by atoms with E-state index in [0.29, 0.717) is 5.92 Å². The van der Waals surface area contributed by atoms with E-state index < -0.39 is 0 Å². The van der Waals surface area contributed by atoms with Crippen LogP contribution in [0.4, 0.5) is 0 Å². The van der Waals surface area contributed by atoms with Gasteiger partial charge in [0, 0.05) is 31.1 Å². The summed E-state index contributed by atoms with van der Waals surface area (Å²) < 4.78 is 1.84. The third kappa shape index (κ3) is 1.92. The molecule has 1 aromatic heterocycles. The molecule has 0 aliphatic rings. The van der Waals surface area contributed by atoms with Crippen molar-refractivity contribution < 1.29 is 18.6 Å². The zero-order valence-corrected chi connectivity index (χ0v) is 10.8. The van der Waals surface area contributed by atoms with E-state index in [0.717, 1.165) is 11.2 Å². The van der Waals surface area contributed by atoms with Gasteiger partial charge in [-0.1, -0.05) is 31.7 Å². The largest absolute Gasteiger partial charge is 0.305 e. The fourth-order valence-electron chi connectivity index (χ4n) is 1.76. The summed E-state index contributed by atoms with van der Waals surface area (Å²) in [5.74, 6) is 0.507. The van der Waals surface area contributed by atoms with Crippen LogP contribution in [-0.2, 0) is 25.6 Å². The number of aromatic nitrogens is 2. The van der Waals surface area contributed by atoms with Crippen LogP contribution >= 0.6 is 0 Å². The SMILES string of the molecule is [CH2-]c1c2cccc(C(C)C)c2nn1C.[V]. The van der Waals surface area contributed by atoms with Gasteiger partial charge in [0.25, 0.3) is 0 Å². The molecule has 0 bridgehead atoms. The first-order chi connectivity index (χ1) is 6.61. The molecule has 1 radical (unpaired) electrons. The van der Waals surface area contributed by atoms with Crippen LogP contribution in [0.5, 0.6) is 0 Å². The Labute approximate surface area is 103 Å². The van der Waals surface area contributed by atoms with E-state index >= 15 is 0 Å². The Hall–Kier alpha value is -0.856. The molecule has 0 aliphatic heterocycles. The Kier molecular flexibility index (Phi) is 3.53. The molecule has 0 aliphatic carbocycles. The topological polar surface area (TPSA) is 17.8 Å². The Morgan fingerprint density at radius 2 is 2.00 bits per heavy atom. The average Bonchev–Trinajstić information content (AvgIpc) is 2.43. The molecule has 2 aromatic rings. The van der Waals surface area contributed by atoms with Crippen molar-refractivity contribution in [3.63, 3.8) is 0 Å². The Morgan fingerprint density at radius 1 is 1.33 bits per heavy atom. The second-order valence-electron chi connectivity index (χ2n) is 3.97. The van der Waals surface area contributed by atoms with E-state index in [9.17, 15) is 0 Å². The standard InChI is InChI=1S/C12H15N2.V/c1-8(2)10-6-5-7-11-9(3)14(4)13-12(10)11;/h5-8H,3H2,1-2,4H3;/q-1;. The molecule has 79 valence electrons. The quantitative estimate of drug-likeness (QED) is 0.698. The van der Waals surface area contributed by atoms with Crippen molar-refractivity contribution in [1.82, 2.24) is 9.78 Å². The summed E-state index contributed by atoms with van der Waals surface area (Å²) in [6, 6.07) is 6.30. The zero-order valence-electron chi connectivity index (χ0n) is 9.36. The van der Waals surface area contributed by atoms with E-state index in [4.69, 9.17) is 0 Å². The Bertz CT molecular complexity index is 472. The molecule has 0 spiro atoms. The molecule has 15 heavy (non-hydrogen) atoms. The van der Waals surface area contributed by atoms with Gasteiger partial charge in [0.2, 0.25) is 0 Å². The van der Waals surface area contributed by atoms with Crippen molar-refractivity contribution in [3.8, 4) is 0 Å². The molecule has 0 amide bonds. The van der Waals surface area contributed by atoms with Crippen molar-refractivity contribution in [2.45, 2.75) is 19.8 Å². The number of nitrogens with zero attached hydrogens (tertiary/aromatic N) is 2. The van der Waals surface area contributed by atoms with Crippen LogP contribution in [0.15, 0.2) is 18.2 Å². The number of fused-ring (bicyclic) bond motifs is 1. The van der Waals surface area contributed by atoms with Gasteiger partial charge in [-0.3, -0.25) is 0 Å². The molecule has 1 aromatic carbocycles. The van der Waals surface area contributed by atoms with Crippen LogP contribution in [0.2, 0.25) is 0 Å². The molecular formula is C12H15N2V-. The first kappa shape index (κ1) is 12.2. The second-order valence-corrected chi connectivity index (χ2v) is 3.97. The first-order valence-electron chi connectivity index (χ1n) is 4.89. The van der Waals surface area contributed by atoms with Gasteiger partial charge >= 0.3 is 0 Å². The molecule has 0 unspecified atom stereocenters. The molecule has 0 atom stereocenters. The van der Waals surface area contributed by atoms with Gasteiger partial charge in [0.1, 0.15) is 0 Å². The predicted octanol–water partition coefficient (Wildman–Crippen LogP) is 2.88. The Balaban J connectivity index is 0.00000112. The van der Waals surface area contributed by atoms with Crippen molar-refractivity contribution >= 4 is 10.9 Å². The number of hydrogen-bond donors (Lipinski definition) is 0. The van der Waals surface area contributed by atoms with Gasteiger partial charge in [0.15, 0.2) is 0 Å². The maximum Gasteiger partial charge on any atom is 0.0268 e. The van der Waals surface area contributed by atoms with Gasteiger partial charge in [0.05, 0.1) is 0 Å². The third-order valence-electron chi connectivity index (χ3n) is 2.64. The summed E-state index contributed by atoms with van der Waals surface area (Å²) in [7, 11) is 1.94. The molecule has 0 N–H and O–H groups in total. The molecule has 3 heteroatoms. The van der Waals surface area contributed by atoms with E-state index in [-0.39, 0.29) is 18.6 Å².